The Kier molecular flexibility index (Phi) is 3.95. The van der Waals surface area contributed by atoms with Crippen molar-refractivity contribution in [3.63, 3.8) is 0 Å². The predicted octanol–water partition coefficient (Wildman–Crippen LogP) is 4.82. The smallest absolute Gasteiger partial charge is 0.282 e. The zero-order valence-corrected chi connectivity index (χ0v) is 13.6. The Morgan fingerprint density at radius 1 is 1.25 bits per heavy atom. The summed E-state index contributed by atoms with van der Waals surface area (Å²) in [5.74, 6) is -2.46. The fourth-order valence-corrected chi connectivity index (χ4v) is 3.68. The largest absolute Gasteiger partial charge is 0.456 e. The maximum atomic E-state index is 13.2. The normalized spacial score (nSPS) is 12.1. The molecule has 24 heavy (non-hydrogen) atoms. The van der Waals surface area contributed by atoms with Gasteiger partial charge in [-0.3, -0.25) is 4.79 Å². The van der Waals surface area contributed by atoms with E-state index < -0.39 is 23.5 Å². The van der Waals surface area contributed by atoms with Crippen LogP contribution < -0.4 is 0 Å². The molecule has 2 heterocycles. The average molecular weight is 356 g/mol. The summed E-state index contributed by atoms with van der Waals surface area (Å²) in [6.07, 6.45) is -4.60. The van der Waals surface area contributed by atoms with E-state index >= 15 is 0 Å². The maximum absolute atomic E-state index is 13.2. The Labute approximate surface area is 138 Å². The van der Waals surface area contributed by atoms with Crippen LogP contribution in [0.15, 0.2) is 24.3 Å². The van der Waals surface area contributed by atoms with Crippen molar-refractivity contribution in [1.82, 2.24) is 9.61 Å². The fraction of sp³-hybridized carbons (Fsp3) is 0.250. The number of hydrogen-bond acceptors (Lipinski definition) is 3. The number of carbonyl (C=O) groups is 1. The van der Waals surface area contributed by atoms with Crippen molar-refractivity contribution in [1.29, 1.82) is 0 Å². The van der Waals surface area contributed by atoms with Crippen molar-refractivity contribution in [2.24, 2.45) is 0 Å². The number of halogens is 4. The third-order valence-corrected chi connectivity index (χ3v) is 4.63. The quantitative estimate of drug-likeness (QED) is 0.498. The van der Waals surface area contributed by atoms with Crippen LogP contribution >= 0.6 is 11.3 Å². The van der Waals surface area contributed by atoms with Gasteiger partial charge in [-0.05, 0) is 36.6 Å². The van der Waals surface area contributed by atoms with Gasteiger partial charge >= 0.3 is 6.18 Å². The number of alkyl halides is 3. The minimum absolute atomic E-state index is 0.165. The first-order valence-corrected chi connectivity index (χ1v) is 7.94. The molecule has 8 heteroatoms. The van der Waals surface area contributed by atoms with Gasteiger partial charge in [0.2, 0.25) is 0 Å². The number of aryl methyl sites for hydroxylation is 2. The van der Waals surface area contributed by atoms with Gasteiger partial charge in [0.25, 0.3) is 5.78 Å². The predicted molar refractivity (Wildman–Crippen MR) is 83.0 cm³/mol. The first-order valence-electron chi connectivity index (χ1n) is 7.12. The van der Waals surface area contributed by atoms with Crippen LogP contribution in [0.3, 0.4) is 0 Å². The number of aromatic nitrogens is 2. The van der Waals surface area contributed by atoms with Gasteiger partial charge in [0.15, 0.2) is 0 Å². The first-order chi connectivity index (χ1) is 11.2. The van der Waals surface area contributed by atoms with E-state index in [0.29, 0.717) is 27.4 Å². The standard InChI is InChI=1S/C16H12F4N2OS/c1-3-11-12(9-4-6-10(17)7-5-9)13(14(23)16(18,19)20)22-15(11)24-8(2)21-22/h4-7H,3H2,1-2H3. The summed E-state index contributed by atoms with van der Waals surface area (Å²) < 4.78 is 53.5. The van der Waals surface area contributed by atoms with E-state index in [2.05, 4.69) is 5.10 Å². The molecule has 126 valence electrons. The number of carbonyl (C=O) groups excluding carboxylic acids is 1. The summed E-state index contributed by atoms with van der Waals surface area (Å²) in [5.41, 5.74) is 0.597. The Bertz CT molecular complexity index is 922. The third-order valence-electron chi connectivity index (χ3n) is 3.65. The lowest BCUT2D eigenvalue weighted by atomic mass is 9.98. The number of fused-ring (bicyclic) bond motifs is 1. The number of ketones is 1. The van der Waals surface area contributed by atoms with Crippen molar-refractivity contribution in [3.8, 4) is 11.1 Å². The van der Waals surface area contributed by atoms with E-state index in [9.17, 15) is 22.4 Å². The minimum atomic E-state index is -5.02. The molecule has 3 rings (SSSR count). The van der Waals surface area contributed by atoms with E-state index in [0.717, 1.165) is 16.6 Å². The molecule has 0 saturated heterocycles. The van der Waals surface area contributed by atoms with Crippen LogP contribution in [0.25, 0.3) is 16.0 Å². The second-order valence-corrected chi connectivity index (χ2v) is 6.41. The molecule has 3 nitrogen and oxygen atoms in total. The van der Waals surface area contributed by atoms with Crippen molar-refractivity contribution in [3.05, 3.63) is 46.3 Å². The Morgan fingerprint density at radius 2 is 1.88 bits per heavy atom. The van der Waals surface area contributed by atoms with Crippen LogP contribution in [0.1, 0.15) is 28.0 Å². The van der Waals surface area contributed by atoms with Crippen LogP contribution in [0.4, 0.5) is 17.6 Å². The summed E-state index contributed by atoms with van der Waals surface area (Å²) in [7, 11) is 0. The SMILES string of the molecule is CCc1c(-c2ccc(F)cc2)c(C(=O)C(F)(F)F)n2nc(C)sc12. The molecule has 0 fully saturated rings. The second-order valence-electron chi connectivity index (χ2n) is 5.23. The summed E-state index contributed by atoms with van der Waals surface area (Å²) in [6.45, 7) is 3.45. The first kappa shape index (κ1) is 16.6. The summed E-state index contributed by atoms with van der Waals surface area (Å²) in [6, 6.07) is 5.05. The second kappa shape index (κ2) is 5.70. The average Bonchev–Trinajstić information content (AvgIpc) is 3.00. The number of rotatable bonds is 3. The van der Waals surface area contributed by atoms with Crippen LogP contribution in [-0.2, 0) is 6.42 Å². The molecule has 0 aliphatic rings. The molecule has 0 radical (unpaired) electrons. The lowest BCUT2D eigenvalue weighted by Crippen LogP contribution is -2.25. The zero-order valence-electron chi connectivity index (χ0n) is 12.7. The van der Waals surface area contributed by atoms with Gasteiger partial charge in [-0.15, -0.1) is 0 Å². The molecule has 0 saturated carbocycles. The van der Waals surface area contributed by atoms with Gasteiger partial charge < -0.3 is 0 Å². The summed E-state index contributed by atoms with van der Waals surface area (Å²) >= 11 is 1.22. The number of Topliss-reactive ketones (excluding diaryl/α,β-unsaturated/α-hetero) is 1. The maximum Gasteiger partial charge on any atom is 0.456 e. The molecular weight excluding hydrogens is 344 g/mol. The van der Waals surface area contributed by atoms with Crippen LogP contribution in [-0.4, -0.2) is 21.6 Å². The van der Waals surface area contributed by atoms with E-state index in [1.54, 1.807) is 13.8 Å². The van der Waals surface area contributed by atoms with E-state index in [-0.39, 0.29) is 5.56 Å². The minimum Gasteiger partial charge on any atom is -0.282 e. The number of hydrogen-bond donors (Lipinski definition) is 0. The Hall–Kier alpha value is -2.22. The van der Waals surface area contributed by atoms with Gasteiger partial charge in [0, 0.05) is 5.56 Å². The van der Waals surface area contributed by atoms with Gasteiger partial charge in [0.05, 0.1) is 0 Å². The van der Waals surface area contributed by atoms with Gasteiger partial charge in [0.1, 0.15) is 21.3 Å². The van der Waals surface area contributed by atoms with Gasteiger partial charge in [-0.1, -0.05) is 30.4 Å². The molecule has 0 aliphatic heterocycles. The lowest BCUT2D eigenvalue weighted by molar-refractivity contribution is -0.0889. The van der Waals surface area contributed by atoms with Crippen molar-refractivity contribution >= 4 is 22.0 Å². The van der Waals surface area contributed by atoms with Crippen molar-refractivity contribution in [2.75, 3.05) is 0 Å². The molecule has 0 amide bonds. The number of nitrogens with zero attached hydrogens (tertiary/aromatic N) is 2. The van der Waals surface area contributed by atoms with E-state index in [4.69, 9.17) is 0 Å². The highest BCUT2D eigenvalue weighted by molar-refractivity contribution is 7.17. The highest BCUT2D eigenvalue weighted by Gasteiger charge is 2.43. The fourth-order valence-electron chi connectivity index (χ4n) is 2.69. The molecule has 3 aromatic rings. The molecule has 0 bridgehead atoms. The van der Waals surface area contributed by atoms with E-state index in [1.165, 1.54) is 23.5 Å². The van der Waals surface area contributed by atoms with Crippen LogP contribution in [0.2, 0.25) is 0 Å². The topological polar surface area (TPSA) is 34.4 Å². The summed E-state index contributed by atoms with van der Waals surface area (Å²) in [5, 5.41) is 4.62. The molecular formula is C16H12F4N2OS. The number of benzene rings is 1. The zero-order chi connectivity index (χ0) is 17.6. The Balaban J connectivity index is 2.39. The highest BCUT2D eigenvalue weighted by Crippen LogP contribution is 2.38. The highest BCUT2D eigenvalue weighted by atomic mass is 32.1. The monoisotopic (exact) mass is 356 g/mol. The van der Waals surface area contributed by atoms with Crippen LogP contribution in [0.5, 0.6) is 0 Å². The van der Waals surface area contributed by atoms with Crippen LogP contribution in [0, 0.1) is 12.7 Å². The molecule has 1 aromatic carbocycles. The molecule has 0 unspecified atom stereocenters. The molecule has 0 atom stereocenters. The van der Waals surface area contributed by atoms with Gasteiger partial charge in [-0.2, -0.15) is 18.3 Å². The third kappa shape index (κ3) is 2.60. The Morgan fingerprint density at radius 3 is 2.42 bits per heavy atom. The van der Waals surface area contributed by atoms with E-state index in [1.807, 2.05) is 0 Å². The summed E-state index contributed by atoms with van der Waals surface area (Å²) in [4.78, 5) is 12.5. The molecule has 0 N–H and O–H groups in total. The van der Waals surface area contributed by atoms with Gasteiger partial charge in [-0.25, -0.2) is 8.91 Å². The lowest BCUT2D eigenvalue weighted by Gasteiger charge is -2.09. The molecule has 2 aromatic heterocycles. The van der Waals surface area contributed by atoms with Crippen molar-refractivity contribution in [2.45, 2.75) is 26.4 Å². The molecule has 0 spiro atoms. The van der Waals surface area contributed by atoms with Crippen molar-refractivity contribution < 1.29 is 22.4 Å². The molecule has 0 aliphatic carbocycles.